The third-order valence-corrected chi connectivity index (χ3v) is 6.30. The van der Waals surface area contributed by atoms with E-state index in [2.05, 4.69) is 10.6 Å². The fraction of sp³-hybridized carbons (Fsp3) is 0.346. The Morgan fingerprint density at radius 2 is 1.79 bits per heavy atom. The molecule has 12 nitrogen and oxygen atoms in total. The highest BCUT2D eigenvalue weighted by Crippen LogP contribution is 2.31. The van der Waals surface area contributed by atoms with Gasteiger partial charge in [0.05, 0.1) is 47.2 Å². The molecule has 2 N–H and O–H groups in total. The van der Waals surface area contributed by atoms with Gasteiger partial charge in [-0.15, -0.1) is 0 Å². The average molecular weight is 525 g/mol. The molecule has 2 amide bonds. The first-order chi connectivity index (χ1) is 18.3. The highest BCUT2D eigenvalue weighted by molar-refractivity contribution is 5.98. The van der Waals surface area contributed by atoms with Gasteiger partial charge >= 0.3 is 18.0 Å². The van der Waals surface area contributed by atoms with Crippen LogP contribution in [-0.2, 0) is 14.3 Å². The number of urea groups is 1. The molecule has 0 spiro atoms. The van der Waals surface area contributed by atoms with Crippen LogP contribution >= 0.6 is 0 Å². The molecule has 1 saturated heterocycles. The Labute approximate surface area is 218 Å². The van der Waals surface area contributed by atoms with Gasteiger partial charge in [0, 0.05) is 25.2 Å². The Morgan fingerprint density at radius 1 is 1.08 bits per heavy atom. The van der Waals surface area contributed by atoms with E-state index in [1.54, 1.807) is 31.2 Å². The van der Waals surface area contributed by atoms with Crippen LogP contribution in [0.1, 0.15) is 41.7 Å². The molecule has 4 rings (SSSR count). The van der Waals surface area contributed by atoms with Crippen molar-refractivity contribution < 1.29 is 33.5 Å². The van der Waals surface area contributed by atoms with E-state index in [0.29, 0.717) is 30.1 Å². The standard InChI is InChI=1S/C26H28N4O8/c1-3-37-25(32)22-20(27-26(33)28-23(22)16-6-9-18(36-2)10-7-16)15-38-24(31)19-14-17(30(34)35)8-11-21(19)29-12-4-5-13-29/h6-11,14,23H,3-5,12-13,15H2,1-2H3,(H2,27,28,33). The van der Waals surface area contributed by atoms with Crippen molar-refractivity contribution in [2.24, 2.45) is 0 Å². The molecule has 0 aliphatic carbocycles. The van der Waals surface area contributed by atoms with Crippen molar-refractivity contribution in [1.82, 2.24) is 10.6 Å². The number of rotatable bonds is 9. The van der Waals surface area contributed by atoms with Crippen LogP contribution in [-0.4, -0.2) is 56.3 Å². The van der Waals surface area contributed by atoms with E-state index in [1.165, 1.54) is 25.3 Å². The van der Waals surface area contributed by atoms with E-state index in [4.69, 9.17) is 14.2 Å². The quantitative estimate of drug-likeness (QED) is 0.286. The summed E-state index contributed by atoms with van der Waals surface area (Å²) in [5.41, 5.74) is 1.02. The maximum atomic E-state index is 13.2. The number of amides is 2. The zero-order chi connectivity index (χ0) is 27.2. The van der Waals surface area contributed by atoms with Crippen LogP contribution in [0, 0.1) is 10.1 Å². The van der Waals surface area contributed by atoms with Crippen LogP contribution in [0.4, 0.5) is 16.2 Å². The summed E-state index contributed by atoms with van der Waals surface area (Å²) in [6.45, 7) is 2.70. The summed E-state index contributed by atoms with van der Waals surface area (Å²) in [6.07, 6.45) is 1.88. The molecule has 0 radical (unpaired) electrons. The molecular formula is C26H28N4O8. The van der Waals surface area contributed by atoms with E-state index in [0.717, 1.165) is 12.8 Å². The maximum Gasteiger partial charge on any atom is 0.340 e. The maximum absolute atomic E-state index is 13.2. The smallest absolute Gasteiger partial charge is 0.340 e. The van der Waals surface area contributed by atoms with Crippen LogP contribution < -0.4 is 20.3 Å². The number of benzene rings is 2. The van der Waals surface area contributed by atoms with Crippen LogP contribution in [0.5, 0.6) is 5.75 Å². The molecule has 2 heterocycles. The van der Waals surface area contributed by atoms with Gasteiger partial charge in [0.2, 0.25) is 0 Å². The second kappa shape index (κ2) is 11.6. The van der Waals surface area contributed by atoms with Crippen molar-refractivity contribution in [1.29, 1.82) is 0 Å². The Hall–Kier alpha value is -4.61. The second-order valence-electron chi connectivity index (χ2n) is 8.65. The monoisotopic (exact) mass is 524 g/mol. The molecule has 1 unspecified atom stereocenters. The van der Waals surface area contributed by atoms with Gasteiger partial charge < -0.3 is 29.7 Å². The highest BCUT2D eigenvalue weighted by atomic mass is 16.6. The summed E-state index contributed by atoms with van der Waals surface area (Å²) in [7, 11) is 1.52. The average Bonchev–Trinajstić information content (AvgIpc) is 3.46. The van der Waals surface area contributed by atoms with Crippen LogP contribution in [0.25, 0.3) is 0 Å². The lowest BCUT2D eigenvalue weighted by Crippen LogP contribution is -2.47. The summed E-state index contributed by atoms with van der Waals surface area (Å²) in [6, 6.07) is 9.36. The molecule has 0 saturated carbocycles. The number of nitro groups is 1. The molecule has 2 aromatic rings. The normalized spacial score (nSPS) is 16.9. The summed E-state index contributed by atoms with van der Waals surface area (Å²) in [5, 5.41) is 16.6. The molecule has 0 aromatic heterocycles. The van der Waals surface area contributed by atoms with E-state index in [-0.39, 0.29) is 29.1 Å². The lowest BCUT2D eigenvalue weighted by atomic mass is 9.95. The van der Waals surface area contributed by atoms with E-state index < -0.39 is 35.5 Å². The van der Waals surface area contributed by atoms with E-state index in [1.807, 2.05) is 4.90 Å². The van der Waals surface area contributed by atoms with Gasteiger partial charge in [-0.25, -0.2) is 14.4 Å². The molecule has 200 valence electrons. The molecule has 2 aliphatic heterocycles. The van der Waals surface area contributed by atoms with Gasteiger partial charge in [-0.05, 0) is 43.5 Å². The molecule has 2 aliphatic rings. The Morgan fingerprint density at radius 3 is 2.42 bits per heavy atom. The lowest BCUT2D eigenvalue weighted by molar-refractivity contribution is -0.384. The summed E-state index contributed by atoms with van der Waals surface area (Å²) in [5.74, 6) is -0.921. The van der Waals surface area contributed by atoms with Crippen LogP contribution in [0.2, 0.25) is 0 Å². The first kappa shape index (κ1) is 26.5. The third-order valence-electron chi connectivity index (χ3n) is 6.30. The summed E-state index contributed by atoms with van der Waals surface area (Å²) in [4.78, 5) is 51.4. The van der Waals surface area contributed by atoms with Crippen molar-refractivity contribution in [2.75, 3.05) is 38.3 Å². The van der Waals surface area contributed by atoms with Gasteiger partial charge in [-0.2, -0.15) is 0 Å². The largest absolute Gasteiger partial charge is 0.497 e. The van der Waals surface area contributed by atoms with Crippen LogP contribution in [0.15, 0.2) is 53.7 Å². The number of nitro benzene ring substituents is 1. The van der Waals surface area contributed by atoms with Gasteiger partial charge in [0.1, 0.15) is 12.4 Å². The van der Waals surface area contributed by atoms with Crippen molar-refractivity contribution in [3.05, 3.63) is 75.0 Å². The number of ether oxygens (including phenoxy) is 3. The highest BCUT2D eigenvalue weighted by Gasteiger charge is 2.34. The Balaban J connectivity index is 1.66. The van der Waals surface area contributed by atoms with Crippen molar-refractivity contribution >= 4 is 29.3 Å². The van der Waals surface area contributed by atoms with Gasteiger partial charge in [-0.1, -0.05) is 12.1 Å². The first-order valence-electron chi connectivity index (χ1n) is 12.1. The molecule has 12 heteroatoms. The van der Waals surface area contributed by atoms with Crippen molar-refractivity contribution in [3.63, 3.8) is 0 Å². The van der Waals surface area contributed by atoms with E-state index >= 15 is 0 Å². The minimum atomic E-state index is -0.875. The minimum absolute atomic E-state index is 0.0337. The van der Waals surface area contributed by atoms with Gasteiger partial charge in [0.15, 0.2) is 0 Å². The van der Waals surface area contributed by atoms with Crippen molar-refractivity contribution in [2.45, 2.75) is 25.8 Å². The second-order valence-corrected chi connectivity index (χ2v) is 8.65. The van der Waals surface area contributed by atoms with Gasteiger partial charge in [-0.3, -0.25) is 10.1 Å². The number of methoxy groups -OCH3 is 1. The zero-order valence-corrected chi connectivity index (χ0v) is 21.0. The fourth-order valence-corrected chi connectivity index (χ4v) is 4.48. The molecule has 1 atom stereocenters. The summed E-state index contributed by atoms with van der Waals surface area (Å²) >= 11 is 0. The molecular weight excluding hydrogens is 496 g/mol. The zero-order valence-electron chi connectivity index (χ0n) is 21.0. The third kappa shape index (κ3) is 5.69. The van der Waals surface area contributed by atoms with Gasteiger partial charge in [0.25, 0.3) is 5.69 Å². The van der Waals surface area contributed by atoms with Crippen molar-refractivity contribution in [3.8, 4) is 5.75 Å². The predicted octanol–water partition coefficient (Wildman–Crippen LogP) is 3.23. The SMILES string of the molecule is CCOC(=O)C1=C(COC(=O)c2cc([N+](=O)[O-])ccc2N2CCCC2)NC(=O)NC1c1ccc(OC)cc1. The molecule has 1 fully saturated rings. The van der Waals surface area contributed by atoms with Crippen LogP contribution in [0.3, 0.4) is 0 Å². The number of nitrogens with zero attached hydrogens (tertiary/aromatic N) is 2. The Kier molecular flexibility index (Phi) is 8.09. The number of carbonyl (C=O) groups is 3. The number of non-ortho nitro benzene ring substituents is 1. The number of nitrogens with one attached hydrogen (secondary N) is 2. The minimum Gasteiger partial charge on any atom is -0.497 e. The fourth-order valence-electron chi connectivity index (χ4n) is 4.48. The Bertz CT molecular complexity index is 1270. The van der Waals surface area contributed by atoms with E-state index in [9.17, 15) is 24.5 Å². The number of esters is 2. The first-order valence-corrected chi connectivity index (χ1v) is 12.1. The topological polar surface area (TPSA) is 149 Å². The lowest BCUT2D eigenvalue weighted by Gasteiger charge is -2.29. The predicted molar refractivity (Wildman–Crippen MR) is 136 cm³/mol. The number of anilines is 1. The molecule has 38 heavy (non-hydrogen) atoms. The molecule has 0 bridgehead atoms. The number of carbonyl (C=O) groups excluding carboxylic acids is 3. The summed E-state index contributed by atoms with van der Waals surface area (Å²) < 4.78 is 15.9. The number of hydrogen-bond donors (Lipinski definition) is 2. The molecule has 2 aromatic carbocycles. The number of hydrogen-bond acceptors (Lipinski definition) is 9.